The predicted octanol–water partition coefficient (Wildman–Crippen LogP) is 3.13. The Kier molecular flexibility index (Phi) is 5.46. The van der Waals surface area contributed by atoms with Crippen LogP contribution >= 0.6 is 0 Å². The lowest BCUT2D eigenvalue weighted by Gasteiger charge is -2.40. The van der Waals surface area contributed by atoms with Gasteiger partial charge in [-0.3, -0.25) is 0 Å². The molecule has 17 heavy (non-hydrogen) atoms. The van der Waals surface area contributed by atoms with Crippen molar-refractivity contribution in [2.75, 3.05) is 19.6 Å². The molecule has 2 nitrogen and oxygen atoms in total. The highest BCUT2D eigenvalue weighted by Crippen LogP contribution is 2.28. The monoisotopic (exact) mass is 240 g/mol. The molecule has 1 N–H and O–H groups in total. The van der Waals surface area contributed by atoms with Crippen LogP contribution in [0.4, 0.5) is 0 Å². The van der Waals surface area contributed by atoms with E-state index < -0.39 is 0 Å². The molecule has 0 aromatic heterocycles. The minimum atomic E-state index is 0.430. The quantitative estimate of drug-likeness (QED) is 0.794. The zero-order valence-corrected chi connectivity index (χ0v) is 12.7. The van der Waals surface area contributed by atoms with Crippen LogP contribution in [0.25, 0.3) is 0 Å². The lowest BCUT2D eigenvalue weighted by atomic mass is 9.80. The van der Waals surface area contributed by atoms with Crippen molar-refractivity contribution in [3.8, 4) is 0 Å². The van der Waals surface area contributed by atoms with E-state index in [4.69, 9.17) is 0 Å². The number of nitrogens with zero attached hydrogens (tertiary/aromatic N) is 1. The highest BCUT2D eigenvalue weighted by atomic mass is 15.2. The summed E-state index contributed by atoms with van der Waals surface area (Å²) in [6.45, 7) is 17.7. The summed E-state index contributed by atoms with van der Waals surface area (Å²) in [5.74, 6) is 0.751. The van der Waals surface area contributed by atoms with Gasteiger partial charge in [0, 0.05) is 25.2 Å². The van der Waals surface area contributed by atoms with E-state index in [0.717, 1.165) is 5.92 Å². The lowest BCUT2D eigenvalue weighted by Crippen LogP contribution is -2.50. The van der Waals surface area contributed by atoms with Gasteiger partial charge < -0.3 is 10.2 Å². The molecule has 1 rings (SSSR count). The fraction of sp³-hybridized carbons (Fsp3) is 1.00. The number of piperidine rings is 1. The number of rotatable bonds is 5. The van der Waals surface area contributed by atoms with Crippen LogP contribution in [0.15, 0.2) is 0 Å². The third-order valence-corrected chi connectivity index (χ3v) is 4.27. The van der Waals surface area contributed by atoms with Crippen molar-refractivity contribution in [1.29, 1.82) is 0 Å². The van der Waals surface area contributed by atoms with E-state index in [2.05, 4.69) is 51.8 Å². The van der Waals surface area contributed by atoms with Gasteiger partial charge in [-0.2, -0.15) is 0 Å². The van der Waals surface area contributed by atoms with Gasteiger partial charge in [0.15, 0.2) is 0 Å². The summed E-state index contributed by atoms with van der Waals surface area (Å²) in [7, 11) is 0. The van der Waals surface area contributed by atoms with Crippen molar-refractivity contribution in [3.63, 3.8) is 0 Å². The molecular formula is C15H32N2. The molecule has 0 aromatic rings. The molecule has 1 unspecified atom stereocenters. The number of hydrogen-bond acceptors (Lipinski definition) is 2. The van der Waals surface area contributed by atoms with Gasteiger partial charge >= 0.3 is 0 Å². The van der Waals surface area contributed by atoms with E-state index in [9.17, 15) is 0 Å². The van der Waals surface area contributed by atoms with E-state index in [-0.39, 0.29) is 0 Å². The second kappa shape index (κ2) is 6.19. The van der Waals surface area contributed by atoms with Gasteiger partial charge in [-0.05, 0) is 30.7 Å². The topological polar surface area (TPSA) is 15.3 Å². The molecular weight excluding hydrogens is 208 g/mol. The lowest BCUT2D eigenvalue weighted by molar-refractivity contribution is 0.101. The minimum absolute atomic E-state index is 0.430. The fourth-order valence-corrected chi connectivity index (χ4v) is 2.57. The average molecular weight is 240 g/mol. The highest BCUT2D eigenvalue weighted by molar-refractivity contribution is 4.84. The Morgan fingerprint density at radius 1 is 1.24 bits per heavy atom. The van der Waals surface area contributed by atoms with E-state index >= 15 is 0 Å². The predicted molar refractivity (Wildman–Crippen MR) is 76.4 cm³/mol. The fourth-order valence-electron chi connectivity index (χ4n) is 2.57. The van der Waals surface area contributed by atoms with Gasteiger partial charge in [0.25, 0.3) is 0 Å². The zero-order valence-electron chi connectivity index (χ0n) is 12.7. The Balaban J connectivity index is 2.44. The molecule has 2 heteroatoms. The maximum atomic E-state index is 3.68. The van der Waals surface area contributed by atoms with Crippen molar-refractivity contribution in [3.05, 3.63) is 0 Å². The van der Waals surface area contributed by atoms with Crippen LogP contribution in [-0.2, 0) is 0 Å². The molecule has 1 fully saturated rings. The molecule has 0 aliphatic carbocycles. The van der Waals surface area contributed by atoms with Crippen molar-refractivity contribution >= 4 is 0 Å². The van der Waals surface area contributed by atoms with Crippen molar-refractivity contribution in [2.24, 2.45) is 11.3 Å². The van der Waals surface area contributed by atoms with Crippen LogP contribution in [0.5, 0.6) is 0 Å². The maximum absolute atomic E-state index is 3.68. The summed E-state index contributed by atoms with van der Waals surface area (Å²) in [5, 5.41) is 3.68. The van der Waals surface area contributed by atoms with Gasteiger partial charge in [0.1, 0.15) is 0 Å². The van der Waals surface area contributed by atoms with Gasteiger partial charge in [0.2, 0.25) is 0 Å². The van der Waals surface area contributed by atoms with Crippen molar-refractivity contribution < 1.29 is 0 Å². The first kappa shape index (κ1) is 15.0. The Bertz CT molecular complexity index is 221. The molecule has 0 amide bonds. The van der Waals surface area contributed by atoms with Gasteiger partial charge in [-0.25, -0.2) is 0 Å². The van der Waals surface area contributed by atoms with Crippen molar-refractivity contribution in [2.45, 2.75) is 66.5 Å². The van der Waals surface area contributed by atoms with Gasteiger partial charge in [-0.1, -0.05) is 41.5 Å². The molecule has 1 aliphatic rings. The van der Waals surface area contributed by atoms with Gasteiger partial charge in [-0.15, -0.1) is 0 Å². The molecule has 0 spiro atoms. The second-order valence-electron chi connectivity index (χ2n) is 7.04. The first-order valence-corrected chi connectivity index (χ1v) is 7.29. The standard InChI is InChI=1S/C15H32N2/c1-12(2)15(5,6)11-17-9-7-8-14(10-17)16-13(3)4/h12-14,16H,7-11H2,1-6H3. The van der Waals surface area contributed by atoms with E-state index in [1.165, 1.54) is 32.5 Å². The first-order chi connectivity index (χ1) is 7.81. The first-order valence-electron chi connectivity index (χ1n) is 7.29. The molecule has 0 saturated carbocycles. The van der Waals surface area contributed by atoms with Crippen LogP contribution < -0.4 is 5.32 Å². The number of nitrogens with one attached hydrogen (secondary N) is 1. The Labute approximate surface area is 108 Å². The summed E-state index contributed by atoms with van der Waals surface area (Å²) in [4.78, 5) is 2.66. The summed E-state index contributed by atoms with van der Waals surface area (Å²) in [6.07, 6.45) is 2.69. The summed E-state index contributed by atoms with van der Waals surface area (Å²) < 4.78 is 0. The summed E-state index contributed by atoms with van der Waals surface area (Å²) in [5.41, 5.74) is 0.430. The SMILES string of the molecule is CC(C)NC1CCCN(CC(C)(C)C(C)C)C1. The molecule has 0 radical (unpaired) electrons. The van der Waals surface area contributed by atoms with Crippen LogP contribution in [-0.4, -0.2) is 36.6 Å². The average Bonchev–Trinajstić information content (AvgIpc) is 2.15. The molecule has 0 aromatic carbocycles. The van der Waals surface area contributed by atoms with Gasteiger partial charge in [0.05, 0.1) is 0 Å². The molecule has 0 bridgehead atoms. The van der Waals surface area contributed by atoms with E-state index in [1.807, 2.05) is 0 Å². The molecule has 1 heterocycles. The van der Waals surface area contributed by atoms with Crippen LogP contribution in [0.2, 0.25) is 0 Å². The minimum Gasteiger partial charge on any atom is -0.311 e. The van der Waals surface area contributed by atoms with Crippen LogP contribution in [0, 0.1) is 11.3 Å². The van der Waals surface area contributed by atoms with E-state index in [0.29, 0.717) is 17.5 Å². The Hall–Kier alpha value is -0.0800. The summed E-state index contributed by atoms with van der Waals surface area (Å²) >= 11 is 0. The smallest absolute Gasteiger partial charge is 0.0197 e. The largest absolute Gasteiger partial charge is 0.311 e. The van der Waals surface area contributed by atoms with E-state index in [1.54, 1.807) is 0 Å². The third kappa shape index (κ3) is 4.97. The third-order valence-electron chi connectivity index (χ3n) is 4.27. The van der Waals surface area contributed by atoms with Crippen molar-refractivity contribution in [1.82, 2.24) is 10.2 Å². The number of likely N-dealkylation sites (tertiary alicyclic amines) is 1. The highest BCUT2D eigenvalue weighted by Gasteiger charge is 2.28. The Morgan fingerprint density at radius 2 is 1.88 bits per heavy atom. The summed E-state index contributed by atoms with van der Waals surface area (Å²) in [6, 6.07) is 1.31. The zero-order chi connectivity index (χ0) is 13.1. The second-order valence-corrected chi connectivity index (χ2v) is 7.04. The molecule has 1 saturated heterocycles. The Morgan fingerprint density at radius 3 is 2.41 bits per heavy atom. The number of hydrogen-bond donors (Lipinski definition) is 1. The normalized spacial score (nSPS) is 23.6. The molecule has 1 aliphatic heterocycles. The van der Waals surface area contributed by atoms with Crippen LogP contribution in [0.3, 0.4) is 0 Å². The maximum Gasteiger partial charge on any atom is 0.0197 e. The molecule has 102 valence electrons. The molecule has 1 atom stereocenters. The van der Waals surface area contributed by atoms with Crippen LogP contribution in [0.1, 0.15) is 54.4 Å².